The fraction of sp³-hybridized carbons (Fsp3) is 0.455. The Labute approximate surface area is 112 Å². The van der Waals surface area contributed by atoms with Crippen LogP contribution in [0.2, 0.25) is 0 Å². The lowest BCUT2D eigenvalue weighted by atomic mass is 10.1. The number of carbonyl (C=O) groups is 1. The van der Waals surface area contributed by atoms with Gasteiger partial charge in [0.25, 0.3) is 6.43 Å². The average Bonchev–Trinajstić information content (AvgIpc) is 2.30. The lowest BCUT2D eigenvalue weighted by Gasteiger charge is -2.11. The highest BCUT2D eigenvalue weighted by molar-refractivity contribution is 9.08. The van der Waals surface area contributed by atoms with Gasteiger partial charge >= 0.3 is 5.97 Å². The van der Waals surface area contributed by atoms with E-state index in [-0.39, 0.29) is 30.0 Å². The summed E-state index contributed by atoms with van der Waals surface area (Å²) in [7, 11) is 0. The number of esters is 1. The zero-order chi connectivity index (χ0) is 13.7. The number of nitrogen functional groups attached to an aromatic ring is 1. The summed E-state index contributed by atoms with van der Waals surface area (Å²) in [6.45, 7) is 1.84. The summed E-state index contributed by atoms with van der Waals surface area (Å²) < 4.78 is 30.4. The molecule has 0 spiro atoms. The Balaban J connectivity index is 3.10. The standard InChI is InChI=1S/C11H13BrF2N2O2/c1-2-18-10(17)4-8-6(11(13)14)3-7(15)9(5-12)16-8/h3,11H,2,4-5,15H2,1H3. The van der Waals surface area contributed by atoms with Crippen LogP contribution in [0.4, 0.5) is 14.5 Å². The fourth-order valence-corrected chi connectivity index (χ4v) is 1.86. The molecule has 0 aromatic carbocycles. The highest BCUT2D eigenvalue weighted by Gasteiger charge is 2.19. The number of nitrogens with two attached hydrogens (primary N) is 1. The van der Waals surface area contributed by atoms with E-state index in [9.17, 15) is 13.6 Å². The summed E-state index contributed by atoms with van der Waals surface area (Å²) in [6.07, 6.45) is -3.01. The Hall–Kier alpha value is -1.24. The van der Waals surface area contributed by atoms with Gasteiger partial charge in [-0.2, -0.15) is 0 Å². The van der Waals surface area contributed by atoms with Gasteiger partial charge in [-0.05, 0) is 13.0 Å². The maximum atomic E-state index is 12.8. The predicted octanol–water partition coefficient (Wildman–Crippen LogP) is 2.60. The van der Waals surface area contributed by atoms with Crippen molar-refractivity contribution < 1.29 is 18.3 Å². The van der Waals surface area contributed by atoms with E-state index in [4.69, 9.17) is 10.5 Å². The summed E-state index contributed by atoms with van der Waals surface area (Å²) in [5, 5.41) is 0.332. The van der Waals surface area contributed by atoms with Crippen LogP contribution in [-0.2, 0) is 21.3 Å². The minimum Gasteiger partial charge on any atom is -0.466 e. The largest absolute Gasteiger partial charge is 0.466 e. The van der Waals surface area contributed by atoms with Crippen molar-refractivity contribution in [2.24, 2.45) is 0 Å². The summed E-state index contributed by atoms with van der Waals surface area (Å²) in [5.74, 6) is -0.586. The molecular weight excluding hydrogens is 310 g/mol. The van der Waals surface area contributed by atoms with E-state index < -0.39 is 12.4 Å². The van der Waals surface area contributed by atoms with Gasteiger partial charge in [0, 0.05) is 10.9 Å². The van der Waals surface area contributed by atoms with E-state index in [0.717, 1.165) is 6.07 Å². The molecule has 0 saturated heterocycles. The highest BCUT2D eigenvalue weighted by Crippen LogP contribution is 2.26. The van der Waals surface area contributed by atoms with Crippen LogP contribution in [0.15, 0.2) is 6.07 Å². The molecule has 0 unspecified atom stereocenters. The van der Waals surface area contributed by atoms with Crippen molar-refractivity contribution >= 4 is 27.6 Å². The van der Waals surface area contributed by atoms with E-state index in [1.165, 1.54) is 0 Å². The predicted molar refractivity (Wildman–Crippen MR) is 66.6 cm³/mol. The van der Waals surface area contributed by atoms with Gasteiger partial charge < -0.3 is 10.5 Å². The summed E-state index contributed by atoms with van der Waals surface area (Å²) in [6, 6.07) is 1.16. The first-order valence-electron chi connectivity index (χ1n) is 5.27. The van der Waals surface area contributed by atoms with E-state index in [0.29, 0.717) is 11.0 Å². The van der Waals surface area contributed by atoms with Crippen LogP contribution >= 0.6 is 15.9 Å². The number of alkyl halides is 3. The highest BCUT2D eigenvalue weighted by atomic mass is 79.9. The van der Waals surface area contributed by atoms with Crippen molar-refractivity contribution in [1.82, 2.24) is 4.98 Å². The number of nitrogens with zero attached hydrogens (tertiary/aromatic N) is 1. The molecule has 0 aliphatic rings. The van der Waals surface area contributed by atoms with Crippen LogP contribution < -0.4 is 5.73 Å². The lowest BCUT2D eigenvalue weighted by Crippen LogP contribution is -2.13. The van der Waals surface area contributed by atoms with Crippen LogP contribution in [0.5, 0.6) is 0 Å². The molecule has 100 valence electrons. The Morgan fingerprint density at radius 2 is 2.22 bits per heavy atom. The molecule has 0 radical (unpaired) electrons. The normalized spacial score (nSPS) is 10.7. The molecule has 0 fully saturated rings. The van der Waals surface area contributed by atoms with Crippen molar-refractivity contribution in [1.29, 1.82) is 0 Å². The monoisotopic (exact) mass is 322 g/mol. The molecule has 0 aliphatic heterocycles. The second kappa shape index (κ2) is 6.63. The van der Waals surface area contributed by atoms with Crippen LogP contribution in [0.25, 0.3) is 0 Å². The van der Waals surface area contributed by atoms with Gasteiger partial charge in [-0.1, -0.05) is 15.9 Å². The van der Waals surface area contributed by atoms with Gasteiger partial charge in [-0.25, -0.2) is 8.78 Å². The molecule has 18 heavy (non-hydrogen) atoms. The number of hydrogen-bond donors (Lipinski definition) is 1. The van der Waals surface area contributed by atoms with Gasteiger partial charge in [0.15, 0.2) is 0 Å². The van der Waals surface area contributed by atoms with E-state index in [2.05, 4.69) is 20.9 Å². The minimum absolute atomic E-state index is 0.00657. The molecule has 1 heterocycles. The van der Waals surface area contributed by atoms with Crippen molar-refractivity contribution in [3.8, 4) is 0 Å². The number of aromatic nitrogens is 1. The molecule has 7 heteroatoms. The number of ether oxygens (including phenoxy) is 1. The van der Waals surface area contributed by atoms with Gasteiger partial charge in [-0.3, -0.25) is 9.78 Å². The van der Waals surface area contributed by atoms with Crippen LogP contribution in [-0.4, -0.2) is 17.6 Å². The van der Waals surface area contributed by atoms with Crippen molar-refractivity contribution in [2.45, 2.75) is 25.1 Å². The molecule has 0 aliphatic carbocycles. The third-order valence-corrected chi connectivity index (χ3v) is 2.76. The number of rotatable bonds is 5. The first-order chi connectivity index (χ1) is 8.49. The second-order valence-electron chi connectivity index (χ2n) is 3.48. The molecule has 0 bridgehead atoms. The number of halogens is 3. The number of carbonyl (C=O) groups excluding carboxylic acids is 1. The topological polar surface area (TPSA) is 65.2 Å². The number of pyridine rings is 1. The van der Waals surface area contributed by atoms with E-state index >= 15 is 0 Å². The third-order valence-electron chi connectivity index (χ3n) is 2.23. The molecule has 0 saturated carbocycles. The Morgan fingerprint density at radius 3 is 2.72 bits per heavy atom. The number of hydrogen-bond acceptors (Lipinski definition) is 4. The zero-order valence-corrected chi connectivity index (χ0v) is 11.3. The summed E-state index contributed by atoms with van der Waals surface area (Å²) in [5.41, 5.74) is 5.87. The van der Waals surface area contributed by atoms with Crippen molar-refractivity contribution in [3.05, 3.63) is 23.0 Å². The Bertz CT molecular complexity index is 441. The maximum absolute atomic E-state index is 12.8. The summed E-state index contributed by atoms with van der Waals surface area (Å²) in [4.78, 5) is 15.3. The molecule has 1 rings (SSSR count). The molecule has 0 amide bonds. The molecular formula is C11H13BrF2N2O2. The number of anilines is 1. The SMILES string of the molecule is CCOC(=O)Cc1nc(CBr)c(N)cc1C(F)F. The zero-order valence-electron chi connectivity index (χ0n) is 9.75. The average molecular weight is 323 g/mol. The molecule has 0 atom stereocenters. The second-order valence-corrected chi connectivity index (χ2v) is 4.04. The molecule has 1 aromatic rings. The van der Waals surface area contributed by atoms with Crippen LogP contribution in [0.1, 0.15) is 30.3 Å². The smallest absolute Gasteiger partial charge is 0.311 e. The Kier molecular flexibility index (Phi) is 5.46. The van der Waals surface area contributed by atoms with Gasteiger partial charge in [0.1, 0.15) is 0 Å². The quantitative estimate of drug-likeness (QED) is 0.668. The van der Waals surface area contributed by atoms with Gasteiger partial charge in [0.2, 0.25) is 0 Å². The first kappa shape index (κ1) is 14.8. The Morgan fingerprint density at radius 1 is 1.56 bits per heavy atom. The van der Waals surface area contributed by atoms with Gasteiger partial charge in [0.05, 0.1) is 30.1 Å². The first-order valence-corrected chi connectivity index (χ1v) is 6.39. The van der Waals surface area contributed by atoms with Crippen LogP contribution in [0.3, 0.4) is 0 Å². The van der Waals surface area contributed by atoms with Crippen LogP contribution in [0, 0.1) is 0 Å². The van der Waals surface area contributed by atoms with E-state index in [1.807, 2.05) is 0 Å². The molecule has 2 N–H and O–H groups in total. The fourth-order valence-electron chi connectivity index (χ4n) is 1.41. The lowest BCUT2D eigenvalue weighted by molar-refractivity contribution is -0.142. The summed E-state index contributed by atoms with van der Waals surface area (Å²) >= 11 is 3.15. The van der Waals surface area contributed by atoms with Crippen molar-refractivity contribution in [2.75, 3.05) is 12.3 Å². The van der Waals surface area contributed by atoms with Crippen molar-refractivity contribution in [3.63, 3.8) is 0 Å². The van der Waals surface area contributed by atoms with Gasteiger partial charge in [-0.15, -0.1) is 0 Å². The third kappa shape index (κ3) is 3.63. The minimum atomic E-state index is -2.73. The molecule has 1 aromatic heterocycles. The van der Waals surface area contributed by atoms with E-state index in [1.54, 1.807) is 6.92 Å². The molecule has 4 nitrogen and oxygen atoms in total. The maximum Gasteiger partial charge on any atom is 0.311 e.